The fourth-order valence-corrected chi connectivity index (χ4v) is 6.40. The Bertz CT molecular complexity index is 2730. The smallest absolute Gasteiger partial charge is 0.207 e. The van der Waals surface area contributed by atoms with Gasteiger partial charge < -0.3 is 19.8 Å². The molecule has 12 nitrogen and oxygen atoms in total. The highest BCUT2D eigenvalue weighted by Crippen LogP contribution is 2.25. The molecule has 4 aromatic carbocycles. The predicted molar refractivity (Wildman–Crippen MR) is 209 cm³/mol. The van der Waals surface area contributed by atoms with E-state index in [-0.39, 0.29) is 12.1 Å². The highest BCUT2D eigenvalue weighted by molar-refractivity contribution is 7.09. The number of hydrogen-bond donors (Lipinski definition) is 2. The molecule has 0 aliphatic rings. The molecule has 0 spiro atoms. The van der Waals surface area contributed by atoms with Crippen molar-refractivity contribution < 1.29 is 13.2 Å². The zero-order chi connectivity index (χ0) is 39.9. The fourth-order valence-electron chi connectivity index (χ4n) is 5.79. The van der Waals surface area contributed by atoms with Crippen LogP contribution in [0.3, 0.4) is 0 Å². The van der Waals surface area contributed by atoms with E-state index in [1.165, 1.54) is 21.8 Å². The normalized spacial score (nSPS) is 10.6. The van der Waals surface area contributed by atoms with Gasteiger partial charge in [0.25, 0.3) is 0 Å². The lowest BCUT2D eigenvalue weighted by Crippen LogP contribution is -2.04. The number of nitrogens with one attached hydrogen (secondary N) is 2. The zero-order valence-corrected chi connectivity index (χ0v) is 31.2. The van der Waals surface area contributed by atoms with E-state index in [0.29, 0.717) is 39.9 Å². The number of halogens is 3. The lowest BCUT2D eigenvalue weighted by Gasteiger charge is -2.08. The van der Waals surface area contributed by atoms with E-state index >= 15 is 0 Å². The third kappa shape index (κ3) is 9.22. The summed E-state index contributed by atoms with van der Waals surface area (Å²) in [5, 5.41) is 30.3. The van der Waals surface area contributed by atoms with Gasteiger partial charge in [0.2, 0.25) is 5.13 Å². The van der Waals surface area contributed by atoms with Gasteiger partial charge in [-0.2, -0.15) is 20.0 Å². The van der Waals surface area contributed by atoms with E-state index in [4.69, 9.17) is 0 Å². The molecule has 0 atom stereocenters. The predicted octanol–water partition coefficient (Wildman–Crippen LogP) is 8.70. The zero-order valence-electron chi connectivity index (χ0n) is 30.4. The summed E-state index contributed by atoms with van der Waals surface area (Å²) >= 11 is 1.31. The van der Waals surface area contributed by atoms with E-state index in [2.05, 4.69) is 59.3 Å². The van der Waals surface area contributed by atoms with Gasteiger partial charge in [-0.1, -0.05) is 30.3 Å². The van der Waals surface area contributed by atoms with Crippen molar-refractivity contribution >= 4 is 33.9 Å². The molecule has 4 aromatic heterocycles. The second kappa shape index (κ2) is 16.8. The monoisotopic (exact) mass is 780 g/mol. The highest BCUT2D eigenvalue weighted by Gasteiger charge is 2.13. The minimum Gasteiger partial charge on any atom is -0.339 e. The molecule has 0 bridgehead atoms. The number of nitriles is 2. The van der Waals surface area contributed by atoms with Gasteiger partial charge >= 0.3 is 0 Å². The molecule has 0 radical (unpaired) electrons. The van der Waals surface area contributed by atoms with E-state index in [9.17, 15) is 23.7 Å². The Morgan fingerprint density at radius 1 is 0.719 bits per heavy atom. The Labute approximate surface area is 329 Å². The van der Waals surface area contributed by atoms with Gasteiger partial charge in [0.1, 0.15) is 18.0 Å². The van der Waals surface area contributed by atoms with Crippen LogP contribution in [-0.4, -0.2) is 38.2 Å². The van der Waals surface area contributed by atoms with Crippen LogP contribution in [0.25, 0.3) is 11.4 Å². The summed E-state index contributed by atoms with van der Waals surface area (Å²) in [7, 11) is 0. The Kier molecular flexibility index (Phi) is 11.2. The number of anilines is 4. The number of rotatable bonds is 10. The second-order valence-corrected chi connectivity index (χ2v) is 13.5. The standard InChI is InChI=1S/C21H15F3N6.C20H16N6S/c1-13-10-29(12-26-13)19-3-2-16(8-15(19)9-25)27-20-4-5-30(28-20)11-14-6-17(22)21(24)18(23)7-14;1-14-12-26(13-22-14)18-8-7-17(10-16(18)11-21)23-20-24-19(25-27-20)9-15-5-3-2-4-6-15/h2-8,10,12H,11H2,1H3,(H,27,28);2-8,10,12-13H,9H2,1H3,(H,23,24,25). The fraction of sp³-hybridized carbons (Fsp3) is 0.0976. The molecule has 0 aliphatic heterocycles. The first-order chi connectivity index (χ1) is 27.6. The van der Waals surface area contributed by atoms with E-state index in [0.717, 1.165) is 40.7 Å². The molecule has 4 heterocycles. The molecule has 0 saturated heterocycles. The number of imidazole rings is 2. The summed E-state index contributed by atoms with van der Waals surface area (Å²) < 4.78 is 49.3. The third-order valence-corrected chi connectivity index (χ3v) is 9.11. The Balaban J connectivity index is 0.000000175. The van der Waals surface area contributed by atoms with Gasteiger partial charge in [-0.15, -0.1) is 0 Å². The molecule has 0 aliphatic carbocycles. The Hall–Kier alpha value is -7.56. The molecule has 0 amide bonds. The van der Waals surface area contributed by atoms with E-state index in [1.54, 1.807) is 47.7 Å². The maximum Gasteiger partial charge on any atom is 0.207 e. The van der Waals surface area contributed by atoms with Crippen molar-refractivity contribution in [1.82, 2.24) is 38.2 Å². The molecule has 8 rings (SSSR count). The minimum atomic E-state index is -1.50. The molecule has 57 heavy (non-hydrogen) atoms. The van der Waals surface area contributed by atoms with Crippen LogP contribution in [0.4, 0.5) is 35.5 Å². The molecular weight excluding hydrogens is 750 g/mol. The number of aryl methyl sites for hydroxylation is 2. The number of hydrogen-bond acceptors (Lipinski definition) is 10. The van der Waals surface area contributed by atoms with Gasteiger partial charge in [-0.25, -0.2) is 28.1 Å². The molecule has 8 aromatic rings. The summed E-state index contributed by atoms with van der Waals surface area (Å²) in [6.45, 7) is 3.85. The summed E-state index contributed by atoms with van der Waals surface area (Å²) in [5.74, 6) is -2.72. The number of aromatic nitrogens is 8. The van der Waals surface area contributed by atoms with Crippen molar-refractivity contribution in [2.75, 3.05) is 10.6 Å². The van der Waals surface area contributed by atoms with Gasteiger partial charge in [-0.3, -0.25) is 4.68 Å². The summed E-state index contributed by atoms with van der Waals surface area (Å²) in [5.41, 5.74) is 7.13. The highest BCUT2D eigenvalue weighted by atomic mass is 32.1. The van der Waals surface area contributed by atoms with Crippen molar-refractivity contribution in [3.05, 3.63) is 173 Å². The van der Waals surface area contributed by atoms with E-state index < -0.39 is 17.5 Å². The topological polar surface area (TPSA) is 151 Å². The van der Waals surface area contributed by atoms with Crippen LogP contribution in [0.1, 0.15) is 39.5 Å². The van der Waals surface area contributed by atoms with Gasteiger partial charge in [0.05, 0.1) is 53.1 Å². The number of nitrogens with zero attached hydrogens (tertiary/aromatic N) is 10. The Morgan fingerprint density at radius 2 is 1.32 bits per heavy atom. The summed E-state index contributed by atoms with van der Waals surface area (Å²) in [6.07, 6.45) is 9.38. The van der Waals surface area contributed by atoms with Crippen molar-refractivity contribution in [2.24, 2.45) is 0 Å². The van der Waals surface area contributed by atoms with Crippen LogP contribution in [0.15, 0.2) is 116 Å². The summed E-state index contributed by atoms with van der Waals surface area (Å²) in [6, 6.07) is 29.0. The molecular formula is C41H31F3N12S. The van der Waals surface area contributed by atoms with Gasteiger partial charge in [0.15, 0.2) is 23.3 Å². The molecule has 0 unspecified atom stereocenters. The maximum atomic E-state index is 13.4. The molecule has 2 N–H and O–H groups in total. The molecule has 0 fully saturated rings. The lowest BCUT2D eigenvalue weighted by atomic mass is 10.1. The van der Waals surface area contributed by atoms with Crippen LogP contribution >= 0.6 is 11.5 Å². The first-order valence-electron chi connectivity index (χ1n) is 17.3. The van der Waals surface area contributed by atoms with Crippen LogP contribution in [-0.2, 0) is 13.0 Å². The lowest BCUT2D eigenvalue weighted by molar-refractivity contribution is 0.444. The van der Waals surface area contributed by atoms with Gasteiger partial charge in [0, 0.05) is 54.0 Å². The third-order valence-electron chi connectivity index (χ3n) is 8.44. The van der Waals surface area contributed by atoms with E-state index in [1.807, 2.05) is 67.2 Å². The average Bonchev–Trinajstić information content (AvgIpc) is 4.04. The molecule has 282 valence electrons. The molecule has 16 heteroatoms. The largest absolute Gasteiger partial charge is 0.339 e. The summed E-state index contributed by atoms with van der Waals surface area (Å²) in [4.78, 5) is 12.9. The van der Waals surface area contributed by atoms with Crippen molar-refractivity contribution in [2.45, 2.75) is 26.8 Å². The second-order valence-electron chi connectivity index (χ2n) is 12.7. The van der Waals surface area contributed by atoms with Crippen molar-refractivity contribution in [1.29, 1.82) is 10.5 Å². The van der Waals surface area contributed by atoms with Crippen LogP contribution in [0, 0.1) is 54.0 Å². The SMILES string of the molecule is Cc1cn(-c2ccc(Nc3ccn(Cc4cc(F)c(F)c(F)c4)n3)cc2C#N)cn1.Cc1cn(-c2ccc(Nc3nc(Cc4ccccc4)ns3)cc2C#N)cn1. The minimum absolute atomic E-state index is 0.0676. The van der Waals surface area contributed by atoms with Crippen molar-refractivity contribution in [3.8, 4) is 23.5 Å². The van der Waals surface area contributed by atoms with Crippen LogP contribution in [0.2, 0.25) is 0 Å². The van der Waals surface area contributed by atoms with Crippen LogP contribution < -0.4 is 10.6 Å². The first kappa shape index (κ1) is 37.7. The average molecular weight is 781 g/mol. The Morgan fingerprint density at radius 3 is 1.88 bits per heavy atom. The van der Waals surface area contributed by atoms with Gasteiger partial charge in [-0.05, 0) is 73.5 Å². The van der Waals surface area contributed by atoms with Crippen molar-refractivity contribution in [3.63, 3.8) is 0 Å². The first-order valence-corrected chi connectivity index (χ1v) is 18.1. The quantitative estimate of drug-likeness (QED) is 0.130. The molecule has 0 saturated carbocycles. The number of benzene rings is 4. The maximum absolute atomic E-state index is 13.4. The van der Waals surface area contributed by atoms with Crippen LogP contribution in [0.5, 0.6) is 0 Å².